The van der Waals surface area contributed by atoms with Gasteiger partial charge in [-0.1, -0.05) is 41.5 Å². The van der Waals surface area contributed by atoms with Gasteiger partial charge < -0.3 is 24.8 Å². The average molecular weight is 529 g/mol. The maximum absolute atomic E-state index is 13.2. The van der Waals surface area contributed by atoms with Gasteiger partial charge >= 0.3 is 0 Å². The molecule has 1 aliphatic heterocycles. The Morgan fingerprint density at radius 2 is 1.32 bits per heavy atom. The topological polar surface area (TPSA) is 152 Å². The maximum Gasteiger partial charge on any atom is 0.274 e. The van der Waals surface area contributed by atoms with Crippen LogP contribution in [0, 0.1) is 24.7 Å². The monoisotopic (exact) mass is 528 g/mol. The molecule has 4 rings (SSSR count). The van der Waals surface area contributed by atoms with Gasteiger partial charge in [-0.3, -0.25) is 14.4 Å². The number of hydrogen-bond donors (Lipinski definition) is 3. The van der Waals surface area contributed by atoms with Crippen molar-refractivity contribution in [3.05, 3.63) is 51.3 Å². The standard InChI is InChI=1S/C25H32N6O5S/c1-10(2)16-23-26-14(8-35-23)20(32)30-18(12(5)6)25-27-15(9-37-25)21(33)28-17(11(3)4)24-31-19(13(7)36-24)22(34)29-16/h8-12,16-18H,1-7H3,(H,28,33)(H,29,34)(H,30,32)/t16-,17-,18-/m0/s1. The third-order valence-electron chi connectivity index (χ3n) is 6.20. The fourth-order valence-electron chi connectivity index (χ4n) is 4.01. The van der Waals surface area contributed by atoms with Crippen molar-refractivity contribution in [2.45, 2.75) is 66.6 Å². The van der Waals surface area contributed by atoms with Gasteiger partial charge in [-0.25, -0.2) is 15.0 Å². The largest absolute Gasteiger partial charge is 0.446 e. The minimum atomic E-state index is -0.615. The quantitative estimate of drug-likeness (QED) is 0.459. The second kappa shape index (κ2) is 10.4. The molecular weight excluding hydrogens is 496 g/mol. The summed E-state index contributed by atoms with van der Waals surface area (Å²) in [5, 5.41) is 11.0. The molecule has 198 valence electrons. The Bertz CT molecular complexity index is 1310. The van der Waals surface area contributed by atoms with E-state index < -0.39 is 35.8 Å². The van der Waals surface area contributed by atoms with E-state index in [1.807, 2.05) is 41.5 Å². The lowest BCUT2D eigenvalue weighted by atomic mass is 10.0. The molecule has 0 saturated heterocycles. The minimum absolute atomic E-state index is 0.0113. The lowest BCUT2D eigenvalue weighted by molar-refractivity contribution is 0.0905. The van der Waals surface area contributed by atoms with Gasteiger partial charge in [0, 0.05) is 5.38 Å². The van der Waals surface area contributed by atoms with Crippen LogP contribution in [0.5, 0.6) is 0 Å². The lowest BCUT2D eigenvalue weighted by Crippen LogP contribution is -2.34. The molecule has 3 aromatic rings. The van der Waals surface area contributed by atoms with E-state index in [2.05, 4.69) is 30.9 Å². The van der Waals surface area contributed by atoms with Gasteiger partial charge in [0.05, 0.1) is 6.04 Å². The molecule has 12 heteroatoms. The summed E-state index contributed by atoms with van der Waals surface area (Å²) in [7, 11) is 0. The van der Waals surface area contributed by atoms with Gasteiger partial charge in [-0.2, -0.15) is 0 Å². The molecule has 3 amide bonds. The second-order valence-electron chi connectivity index (χ2n) is 10.2. The molecule has 3 aromatic heterocycles. The van der Waals surface area contributed by atoms with Crippen LogP contribution in [0.2, 0.25) is 0 Å². The zero-order chi connectivity index (χ0) is 27.0. The fraction of sp³-hybridized carbons (Fsp3) is 0.520. The first-order valence-electron chi connectivity index (χ1n) is 12.3. The first-order chi connectivity index (χ1) is 17.5. The maximum atomic E-state index is 13.2. The van der Waals surface area contributed by atoms with E-state index in [1.54, 1.807) is 12.3 Å². The van der Waals surface area contributed by atoms with Gasteiger partial charge in [0.1, 0.15) is 34.8 Å². The number of carbonyl (C=O) groups is 3. The van der Waals surface area contributed by atoms with Crippen LogP contribution in [-0.2, 0) is 0 Å². The highest BCUT2D eigenvalue weighted by molar-refractivity contribution is 7.09. The first kappa shape index (κ1) is 26.5. The van der Waals surface area contributed by atoms with Crippen molar-refractivity contribution in [1.29, 1.82) is 0 Å². The van der Waals surface area contributed by atoms with Crippen molar-refractivity contribution in [1.82, 2.24) is 30.9 Å². The van der Waals surface area contributed by atoms with Crippen LogP contribution in [0.15, 0.2) is 20.5 Å². The first-order valence-corrected chi connectivity index (χ1v) is 13.1. The number of rotatable bonds is 3. The SMILES string of the molecule is Cc1oc2nc1C(=O)N[C@@H](C(C)C)c1nc(co1)C(=O)N[C@@H](C(C)C)c1nc(cs1)C(=O)N[C@H]2C(C)C. The number of fused-ring (bicyclic) bond motifs is 6. The number of amides is 3. The highest BCUT2D eigenvalue weighted by Gasteiger charge is 2.32. The number of thiazole rings is 1. The molecule has 11 nitrogen and oxygen atoms in total. The molecule has 3 N–H and O–H groups in total. The molecule has 0 saturated carbocycles. The highest BCUT2D eigenvalue weighted by Crippen LogP contribution is 2.29. The van der Waals surface area contributed by atoms with Gasteiger partial charge in [-0.05, 0) is 24.7 Å². The third-order valence-corrected chi connectivity index (χ3v) is 7.12. The summed E-state index contributed by atoms with van der Waals surface area (Å²) < 4.78 is 11.5. The van der Waals surface area contributed by atoms with Crippen LogP contribution in [0.25, 0.3) is 0 Å². The van der Waals surface area contributed by atoms with E-state index in [9.17, 15) is 14.4 Å². The van der Waals surface area contributed by atoms with E-state index in [0.717, 1.165) is 0 Å². The van der Waals surface area contributed by atoms with Crippen LogP contribution in [-0.4, -0.2) is 32.7 Å². The number of hydrogen-bond acceptors (Lipinski definition) is 9. The van der Waals surface area contributed by atoms with Crippen LogP contribution in [0.1, 0.15) is 114 Å². The molecule has 0 aromatic carbocycles. The predicted octanol–water partition coefficient (Wildman–Crippen LogP) is 4.12. The normalized spacial score (nSPS) is 21.0. The van der Waals surface area contributed by atoms with E-state index in [1.165, 1.54) is 17.6 Å². The van der Waals surface area contributed by atoms with Crippen molar-refractivity contribution in [3.63, 3.8) is 0 Å². The summed E-state index contributed by atoms with van der Waals surface area (Å²) in [5.41, 5.74) is 0.397. The van der Waals surface area contributed by atoms with E-state index in [4.69, 9.17) is 8.83 Å². The summed E-state index contributed by atoms with van der Waals surface area (Å²) in [6.07, 6.45) is 1.27. The molecule has 0 radical (unpaired) electrons. The number of nitrogens with one attached hydrogen (secondary N) is 3. The predicted molar refractivity (Wildman–Crippen MR) is 135 cm³/mol. The molecule has 0 fully saturated rings. The molecule has 0 aliphatic carbocycles. The third kappa shape index (κ3) is 5.43. The van der Waals surface area contributed by atoms with Crippen LogP contribution < -0.4 is 16.0 Å². The molecule has 37 heavy (non-hydrogen) atoms. The van der Waals surface area contributed by atoms with Crippen molar-refractivity contribution >= 4 is 29.1 Å². The summed E-state index contributed by atoms with van der Waals surface area (Å²) in [5.74, 6) is -0.765. The minimum Gasteiger partial charge on any atom is -0.446 e. The van der Waals surface area contributed by atoms with E-state index in [0.29, 0.717) is 10.8 Å². The van der Waals surface area contributed by atoms with E-state index in [-0.39, 0.29) is 46.6 Å². The highest BCUT2D eigenvalue weighted by atomic mass is 32.1. The lowest BCUT2D eigenvalue weighted by Gasteiger charge is -2.20. The summed E-state index contributed by atoms with van der Waals surface area (Å²) in [4.78, 5) is 52.7. The van der Waals surface area contributed by atoms with Crippen LogP contribution in [0.3, 0.4) is 0 Å². The van der Waals surface area contributed by atoms with Crippen molar-refractivity contribution in [2.24, 2.45) is 17.8 Å². The van der Waals surface area contributed by atoms with Crippen molar-refractivity contribution < 1.29 is 23.2 Å². The molecular formula is C25H32N6O5S. The fourth-order valence-corrected chi connectivity index (χ4v) is 5.03. The van der Waals surface area contributed by atoms with Crippen molar-refractivity contribution in [2.75, 3.05) is 0 Å². The van der Waals surface area contributed by atoms with Gasteiger partial charge in [0.2, 0.25) is 11.8 Å². The Hall–Kier alpha value is -3.54. The van der Waals surface area contributed by atoms with Gasteiger partial charge in [-0.15, -0.1) is 11.3 Å². The summed E-state index contributed by atoms with van der Waals surface area (Å²) in [6.45, 7) is 13.2. The van der Waals surface area contributed by atoms with E-state index >= 15 is 0 Å². The molecule has 3 atom stereocenters. The zero-order valence-corrected chi connectivity index (χ0v) is 22.7. The number of oxazole rings is 2. The van der Waals surface area contributed by atoms with Crippen molar-refractivity contribution in [3.8, 4) is 0 Å². The van der Waals surface area contributed by atoms with Crippen LogP contribution in [0.4, 0.5) is 0 Å². The Morgan fingerprint density at radius 1 is 0.757 bits per heavy atom. The Kier molecular flexibility index (Phi) is 7.49. The number of aryl methyl sites for hydroxylation is 1. The molecule has 1 aliphatic rings. The molecule has 4 heterocycles. The average Bonchev–Trinajstić information content (AvgIpc) is 3.57. The zero-order valence-electron chi connectivity index (χ0n) is 21.9. The Balaban J connectivity index is 1.81. The number of aromatic nitrogens is 3. The smallest absolute Gasteiger partial charge is 0.274 e. The Morgan fingerprint density at radius 3 is 1.97 bits per heavy atom. The van der Waals surface area contributed by atoms with Gasteiger partial charge in [0.15, 0.2) is 11.4 Å². The number of nitrogens with zero attached hydrogens (tertiary/aromatic N) is 3. The summed E-state index contributed by atoms with van der Waals surface area (Å²) >= 11 is 1.29. The second-order valence-corrected chi connectivity index (χ2v) is 11.1. The Labute approximate surface area is 218 Å². The number of carbonyl (C=O) groups excluding carboxylic acids is 3. The molecule has 0 spiro atoms. The van der Waals surface area contributed by atoms with Crippen LogP contribution >= 0.6 is 11.3 Å². The summed E-state index contributed by atoms with van der Waals surface area (Å²) in [6, 6.07) is -1.65. The molecule has 6 bridgehead atoms. The van der Waals surface area contributed by atoms with Gasteiger partial charge in [0.25, 0.3) is 17.7 Å². The molecule has 0 unspecified atom stereocenters.